The third-order valence-corrected chi connectivity index (χ3v) is 4.79. The molecule has 1 unspecified atom stereocenters. The SMILES string of the molecule is COc1cc(OC)cc(/C(=C\C#N)c2ccc(OC)c(NC(=O)C(C)C(=O)OC(C)(C)C)c2)c1. The zero-order valence-corrected chi connectivity index (χ0v) is 20.5. The summed E-state index contributed by atoms with van der Waals surface area (Å²) in [7, 11) is 4.55. The van der Waals surface area contributed by atoms with Crippen LogP contribution in [0.3, 0.4) is 0 Å². The highest BCUT2D eigenvalue weighted by Crippen LogP contribution is 2.34. The number of methoxy groups -OCH3 is 3. The Hall–Kier alpha value is -3.99. The van der Waals surface area contributed by atoms with Gasteiger partial charge in [-0.05, 0) is 68.7 Å². The van der Waals surface area contributed by atoms with Gasteiger partial charge in [-0.2, -0.15) is 5.26 Å². The molecule has 0 saturated carbocycles. The van der Waals surface area contributed by atoms with Gasteiger partial charge in [0.15, 0.2) is 0 Å². The first kappa shape index (κ1) is 26.3. The molecule has 0 heterocycles. The molecule has 34 heavy (non-hydrogen) atoms. The van der Waals surface area contributed by atoms with Crippen molar-refractivity contribution < 1.29 is 28.5 Å². The van der Waals surface area contributed by atoms with E-state index in [0.29, 0.717) is 39.6 Å². The fourth-order valence-corrected chi connectivity index (χ4v) is 3.07. The Kier molecular flexibility index (Phi) is 8.68. The van der Waals surface area contributed by atoms with Crippen LogP contribution >= 0.6 is 0 Å². The number of rotatable bonds is 8. The van der Waals surface area contributed by atoms with Crippen molar-refractivity contribution in [3.8, 4) is 23.3 Å². The van der Waals surface area contributed by atoms with Crippen LogP contribution in [-0.2, 0) is 14.3 Å². The van der Waals surface area contributed by atoms with Gasteiger partial charge in [0.05, 0.1) is 33.1 Å². The number of allylic oxidation sites excluding steroid dienone is 1. The molecule has 2 rings (SSSR count). The van der Waals surface area contributed by atoms with Crippen LogP contribution in [-0.4, -0.2) is 38.8 Å². The van der Waals surface area contributed by atoms with Crippen LogP contribution < -0.4 is 19.5 Å². The summed E-state index contributed by atoms with van der Waals surface area (Å²) in [5.41, 5.74) is 1.54. The molecule has 1 atom stereocenters. The van der Waals surface area contributed by atoms with E-state index < -0.39 is 23.4 Å². The van der Waals surface area contributed by atoms with Crippen LogP contribution in [0.2, 0.25) is 0 Å². The van der Waals surface area contributed by atoms with Gasteiger partial charge < -0.3 is 24.3 Å². The summed E-state index contributed by atoms with van der Waals surface area (Å²) in [6, 6.07) is 12.5. The molecule has 0 saturated heterocycles. The van der Waals surface area contributed by atoms with Crippen molar-refractivity contribution in [2.45, 2.75) is 33.3 Å². The highest BCUT2D eigenvalue weighted by molar-refractivity contribution is 6.05. The van der Waals surface area contributed by atoms with Gasteiger partial charge >= 0.3 is 5.97 Å². The number of benzene rings is 2. The zero-order chi connectivity index (χ0) is 25.5. The van der Waals surface area contributed by atoms with E-state index in [4.69, 9.17) is 18.9 Å². The van der Waals surface area contributed by atoms with E-state index in [1.807, 2.05) is 0 Å². The Balaban J connectivity index is 2.45. The fraction of sp³-hybridized carbons (Fsp3) is 0.346. The van der Waals surface area contributed by atoms with Crippen molar-refractivity contribution in [2.75, 3.05) is 26.6 Å². The van der Waals surface area contributed by atoms with Gasteiger partial charge in [0.1, 0.15) is 28.8 Å². The largest absolute Gasteiger partial charge is 0.497 e. The molecule has 1 amide bonds. The van der Waals surface area contributed by atoms with E-state index in [1.54, 1.807) is 71.4 Å². The van der Waals surface area contributed by atoms with E-state index in [9.17, 15) is 14.9 Å². The number of nitrogens with one attached hydrogen (secondary N) is 1. The standard InChI is InChI=1S/C26H30N2O6/c1-16(25(30)34-26(2,3)4)24(29)28-22-14-17(8-9-23(22)33-7)21(10-11-27)18-12-19(31-5)15-20(13-18)32-6/h8-10,12-16H,1-7H3,(H,28,29)/b21-10-. The van der Waals surface area contributed by atoms with Gasteiger partial charge in [-0.15, -0.1) is 0 Å². The molecule has 8 nitrogen and oxygen atoms in total. The molecule has 0 aliphatic carbocycles. The van der Waals surface area contributed by atoms with Crippen LogP contribution in [0.15, 0.2) is 42.5 Å². The molecule has 1 N–H and O–H groups in total. The van der Waals surface area contributed by atoms with Gasteiger partial charge in [-0.1, -0.05) is 6.07 Å². The van der Waals surface area contributed by atoms with Crippen LogP contribution in [0.25, 0.3) is 5.57 Å². The number of amides is 1. The lowest BCUT2D eigenvalue weighted by Gasteiger charge is -2.22. The van der Waals surface area contributed by atoms with Gasteiger partial charge in [0, 0.05) is 12.1 Å². The molecule has 0 fully saturated rings. The van der Waals surface area contributed by atoms with E-state index in [1.165, 1.54) is 20.1 Å². The van der Waals surface area contributed by atoms with Gasteiger partial charge in [0.25, 0.3) is 0 Å². The van der Waals surface area contributed by atoms with Crippen LogP contribution in [0.1, 0.15) is 38.8 Å². The van der Waals surface area contributed by atoms with Gasteiger partial charge in [0.2, 0.25) is 5.91 Å². The van der Waals surface area contributed by atoms with Crippen molar-refractivity contribution in [3.05, 3.63) is 53.6 Å². The third-order valence-electron chi connectivity index (χ3n) is 4.79. The highest BCUT2D eigenvalue weighted by atomic mass is 16.6. The predicted octanol–water partition coefficient (Wildman–Crippen LogP) is 4.58. The maximum absolute atomic E-state index is 12.8. The first-order valence-corrected chi connectivity index (χ1v) is 10.6. The lowest BCUT2D eigenvalue weighted by molar-refractivity contribution is -0.160. The summed E-state index contributed by atoms with van der Waals surface area (Å²) >= 11 is 0. The summed E-state index contributed by atoms with van der Waals surface area (Å²) in [5, 5.41) is 12.2. The molecule has 2 aromatic carbocycles. The molecule has 2 aromatic rings. The Bertz CT molecular complexity index is 1100. The number of ether oxygens (including phenoxy) is 4. The van der Waals surface area contributed by atoms with Gasteiger partial charge in [-0.3, -0.25) is 9.59 Å². The summed E-state index contributed by atoms with van der Waals surface area (Å²) in [6.45, 7) is 6.68. The average molecular weight is 467 g/mol. The van der Waals surface area contributed by atoms with Crippen molar-refractivity contribution in [1.82, 2.24) is 0 Å². The molecule has 0 aliphatic heterocycles. The second-order valence-electron chi connectivity index (χ2n) is 8.45. The monoisotopic (exact) mass is 466 g/mol. The lowest BCUT2D eigenvalue weighted by atomic mass is 9.96. The van der Waals surface area contributed by atoms with E-state index >= 15 is 0 Å². The minimum Gasteiger partial charge on any atom is -0.497 e. The first-order chi connectivity index (χ1) is 16.0. The minimum atomic E-state index is -1.04. The van der Waals surface area contributed by atoms with Crippen LogP contribution in [0.4, 0.5) is 5.69 Å². The number of carbonyl (C=O) groups is 2. The molecule has 0 aromatic heterocycles. The average Bonchev–Trinajstić information content (AvgIpc) is 2.80. The molecule has 0 radical (unpaired) electrons. The molecular formula is C26H30N2O6. The second-order valence-corrected chi connectivity index (χ2v) is 8.45. The fourth-order valence-electron chi connectivity index (χ4n) is 3.07. The maximum atomic E-state index is 12.8. The van der Waals surface area contributed by atoms with Crippen molar-refractivity contribution >= 4 is 23.1 Å². The maximum Gasteiger partial charge on any atom is 0.318 e. The normalized spacial score (nSPS) is 12.2. The number of hydrogen-bond donors (Lipinski definition) is 1. The van der Waals surface area contributed by atoms with Crippen molar-refractivity contribution in [2.24, 2.45) is 5.92 Å². The molecular weight excluding hydrogens is 436 g/mol. The quantitative estimate of drug-likeness (QED) is 0.345. The smallest absolute Gasteiger partial charge is 0.318 e. The number of hydrogen-bond acceptors (Lipinski definition) is 7. The molecule has 0 bridgehead atoms. The van der Waals surface area contributed by atoms with E-state index in [0.717, 1.165) is 0 Å². The second kappa shape index (κ2) is 11.2. The minimum absolute atomic E-state index is 0.346. The topological polar surface area (TPSA) is 107 Å². The third kappa shape index (κ3) is 6.75. The summed E-state index contributed by atoms with van der Waals surface area (Å²) in [5.74, 6) is -0.692. The van der Waals surface area contributed by atoms with Crippen LogP contribution in [0.5, 0.6) is 17.2 Å². The number of anilines is 1. The zero-order valence-electron chi connectivity index (χ0n) is 20.5. The summed E-state index contributed by atoms with van der Waals surface area (Å²) in [6.07, 6.45) is 1.39. The Morgan fingerprint density at radius 1 is 0.971 bits per heavy atom. The predicted molar refractivity (Wildman–Crippen MR) is 129 cm³/mol. The molecule has 180 valence electrons. The Morgan fingerprint density at radius 2 is 1.59 bits per heavy atom. The highest BCUT2D eigenvalue weighted by Gasteiger charge is 2.28. The lowest BCUT2D eigenvalue weighted by Crippen LogP contribution is -2.34. The van der Waals surface area contributed by atoms with Gasteiger partial charge in [-0.25, -0.2) is 0 Å². The van der Waals surface area contributed by atoms with Crippen molar-refractivity contribution in [1.29, 1.82) is 5.26 Å². The molecule has 0 spiro atoms. The number of carbonyl (C=O) groups excluding carboxylic acids is 2. The Labute approximate surface area is 200 Å². The first-order valence-electron chi connectivity index (χ1n) is 10.6. The number of nitriles is 1. The molecule has 8 heteroatoms. The summed E-state index contributed by atoms with van der Waals surface area (Å²) in [4.78, 5) is 25.1. The Morgan fingerprint density at radius 3 is 2.09 bits per heavy atom. The summed E-state index contributed by atoms with van der Waals surface area (Å²) < 4.78 is 21.4. The van der Waals surface area contributed by atoms with E-state index in [-0.39, 0.29) is 0 Å². The molecule has 0 aliphatic rings. The number of esters is 1. The van der Waals surface area contributed by atoms with E-state index in [2.05, 4.69) is 11.4 Å². The van der Waals surface area contributed by atoms with Crippen molar-refractivity contribution in [3.63, 3.8) is 0 Å². The number of nitrogens with zero attached hydrogens (tertiary/aromatic N) is 1. The van der Waals surface area contributed by atoms with Crippen LogP contribution in [0, 0.1) is 17.2 Å².